The van der Waals surface area contributed by atoms with Gasteiger partial charge in [0, 0.05) is 5.69 Å². The summed E-state index contributed by atoms with van der Waals surface area (Å²) in [5.41, 5.74) is 2.64. The Morgan fingerprint density at radius 3 is 2.91 bits per heavy atom. The zero-order valence-electron chi connectivity index (χ0n) is 7.09. The molecule has 11 heavy (non-hydrogen) atoms. The molecule has 2 nitrogen and oxygen atoms in total. The minimum atomic E-state index is 0.797. The van der Waals surface area contributed by atoms with Crippen molar-refractivity contribution < 1.29 is 0 Å². The minimum Gasteiger partial charge on any atom is -0.348 e. The number of imidazole rings is 1. The van der Waals surface area contributed by atoms with Crippen molar-refractivity contribution in [2.24, 2.45) is 11.8 Å². The normalized spacial score (nSPS) is 30.0. The number of aromatic amines is 1. The molecular weight excluding hydrogens is 136 g/mol. The van der Waals surface area contributed by atoms with Gasteiger partial charge in [-0.2, -0.15) is 0 Å². The van der Waals surface area contributed by atoms with Gasteiger partial charge in [0.2, 0.25) is 0 Å². The summed E-state index contributed by atoms with van der Waals surface area (Å²) in [6.45, 7) is 4.62. The standard InChI is InChI=1S/C9H14N2/c1-6-3-8-9(4-7(6)2)11-5-10-8/h5-7H,3-4H2,1-2H3,(H,10,11)/t6-,7+. The third-order valence-electron chi connectivity index (χ3n) is 2.82. The SMILES string of the molecule is C[C@@H]1Cc2[nH]cnc2C[C@@H]1C. The van der Waals surface area contributed by atoms with E-state index in [4.69, 9.17) is 0 Å². The van der Waals surface area contributed by atoms with Gasteiger partial charge < -0.3 is 4.98 Å². The van der Waals surface area contributed by atoms with Gasteiger partial charge in [0.05, 0.1) is 12.0 Å². The van der Waals surface area contributed by atoms with E-state index in [1.54, 1.807) is 0 Å². The Morgan fingerprint density at radius 1 is 1.36 bits per heavy atom. The molecule has 1 aliphatic carbocycles. The molecular formula is C9H14N2. The largest absolute Gasteiger partial charge is 0.348 e. The first-order valence-corrected chi connectivity index (χ1v) is 4.28. The van der Waals surface area contributed by atoms with Crippen LogP contribution in [-0.4, -0.2) is 9.97 Å². The van der Waals surface area contributed by atoms with Crippen molar-refractivity contribution in [2.45, 2.75) is 26.7 Å². The number of hydrogen-bond donors (Lipinski definition) is 1. The zero-order chi connectivity index (χ0) is 7.84. The molecule has 2 rings (SSSR count). The van der Waals surface area contributed by atoms with E-state index in [9.17, 15) is 0 Å². The summed E-state index contributed by atoms with van der Waals surface area (Å²) in [4.78, 5) is 7.48. The summed E-state index contributed by atoms with van der Waals surface area (Å²) >= 11 is 0. The highest BCUT2D eigenvalue weighted by molar-refractivity contribution is 5.15. The number of nitrogens with zero attached hydrogens (tertiary/aromatic N) is 1. The number of hydrogen-bond acceptors (Lipinski definition) is 1. The van der Waals surface area contributed by atoms with E-state index in [1.807, 2.05) is 6.33 Å². The minimum absolute atomic E-state index is 0.797. The molecule has 2 atom stereocenters. The highest BCUT2D eigenvalue weighted by atomic mass is 14.9. The van der Waals surface area contributed by atoms with E-state index in [-0.39, 0.29) is 0 Å². The van der Waals surface area contributed by atoms with Gasteiger partial charge >= 0.3 is 0 Å². The molecule has 60 valence electrons. The Hall–Kier alpha value is -0.790. The third-order valence-corrected chi connectivity index (χ3v) is 2.82. The van der Waals surface area contributed by atoms with Crippen molar-refractivity contribution in [1.29, 1.82) is 0 Å². The van der Waals surface area contributed by atoms with Crippen molar-refractivity contribution in [3.63, 3.8) is 0 Å². The Morgan fingerprint density at radius 2 is 2.09 bits per heavy atom. The lowest BCUT2D eigenvalue weighted by Gasteiger charge is -2.24. The van der Waals surface area contributed by atoms with Gasteiger partial charge in [-0.15, -0.1) is 0 Å². The molecule has 1 aromatic heterocycles. The molecule has 1 N–H and O–H groups in total. The van der Waals surface area contributed by atoms with E-state index in [1.165, 1.54) is 17.8 Å². The Bertz CT molecular complexity index is 227. The Kier molecular flexibility index (Phi) is 1.48. The predicted octanol–water partition coefficient (Wildman–Crippen LogP) is 1.78. The second-order valence-corrected chi connectivity index (χ2v) is 3.69. The molecule has 2 heteroatoms. The fraction of sp³-hybridized carbons (Fsp3) is 0.667. The number of aromatic nitrogens is 2. The van der Waals surface area contributed by atoms with Gasteiger partial charge in [0.15, 0.2) is 0 Å². The van der Waals surface area contributed by atoms with Crippen LogP contribution in [0.1, 0.15) is 25.2 Å². The molecule has 0 aromatic carbocycles. The molecule has 0 fully saturated rings. The molecule has 1 heterocycles. The molecule has 0 aliphatic heterocycles. The fourth-order valence-corrected chi connectivity index (χ4v) is 1.73. The summed E-state index contributed by atoms with van der Waals surface area (Å²) in [6, 6.07) is 0. The quantitative estimate of drug-likeness (QED) is 0.600. The van der Waals surface area contributed by atoms with E-state index in [0.717, 1.165) is 18.3 Å². The second kappa shape index (κ2) is 2.36. The van der Waals surface area contributed by atoms with Gasteiger partial charge in [-0.3, -0.25) is 0 Å². The van der Waals surface area contributed by atoms with Crippen LogP contribution >= 0.6 is 0 Å². The lowest BCUT2D eigenvalue weighted by molar-refractivity contribution is 0.355. The Balaban J connectivity index is 2.30. The number of rotatable bonds is 0. The van der Waals surface area contributed by atoms with Crippen LogP contribution in [0.4, 0.5) is 0 Å². The molecule has 1 aliphatic rings. The van der Waals surface area contributed by atoms with Crippen molar-refractivity contribution in [1.82, 2.24) is 9.97 Å². The lowest BCUT2D eigenvalue weighted by atomic mass is 9.82. The average molecular weight is 150 g/mol. The maximum Gasteiger partial charge on any atom is 0.0925 e. The summed E-state index contributed by atoms with van der Waals surface area (Å²) in [5, 5.41) is 0. The number of nitrogens with one attached hydrogen (secondary N) is 1. The van der Waals surface area contributed by atoms with Crippen molar-refractivity contribution in [3.05, 3.63) is 17.7 Å². The van der Waals surface area contributed by atoms with Crippen molar-refractivity contribution in [3.8, 4) is 0 Å². The van der Waals surface area contributed by atoms with E-state index in [0.29, 0.717) is 0 Å². The van der Waals surface area contributed by atoms with Crippen LogP contribution in [0.5, 0.6) is 0 Å². The van der Waals surface area contributed by atoms with Crippen LogP contribution < -0.4 is 0 Å². The van der Waals surface area contributed by atoms with Crippen LogP contribution in [-0.2, 0) is 12.8 Å². The molecule has 0 saturated carbocycles. The summed E-state index contributed by atoms with van der Waals surface area (Å²) in [7, 11) is 0. The molecule has 0 spiro atoms. The number of H-pyrrole nitrogens is 1. The first kappa shape index (κ1) is 6.89. The van der Waals surface area contributed by atoms with E-state index in [2.05, 4.69) is 23.8 Å². The van der Waals surface area contributed by atoms with E-state index >= 15 is 0 Å². The monoisotopic (exact) mass is 150 g/mol. The van der Waals surface area contributed by atoms with Gasteiger partial charge in [-0.25, -0.2) is 4.98 Å². The average Bonchev–Trinajstić information content (AvgIpc) is 2.36. The van der Waals surface area contributed by atoms with Crippen LogP contribution in [0.3, 0.4) is 0 Å². The highest BCUT2D eigenvalue weighted by Gasteiger charge is 2.23. The van der Waals surface area contributed by atoms with Gasteiger partial charge in [0.1, 0.15) is 0 Å². The first-order chi connectivity index (χ1) is 5.27. The molecule has 0 amide bonds. The van der Waals surface area contributed by atoms with Crippen molar-refractivity contribution >= 4 is 0 Å². The third kappa shape index (κ3) is 1.06. The summed E-state index contributed by atoms with van der Waals surface area (Å²) in [5.74, 6) is 1.61. The highest BCUT2D eigenvalue weighted by Crippen LogP contribution is 2.26. The van der Waals surface area contributed by atoms with Crippen LogP contribution in [0.25, 0.3) is 0 Å². The summed E-state index contributed by atoms with van der Waals surface area (Å²) in [6.07, 6.45) is 4.14. The van der Waals surface area contributed by atoms with Crippen LogP contribution in [0.2, 0.25) is 0 Å². The zero-order valence-corrected chi connectivity index (χ0v) is 7.09. The van der Waals surface area contributed by atoms with Crippen molar-refractivity contribution in [2.75, 3.05) is 0 Å². The first-order valence-electron chi connectivity index (χ1n) is 4.28. The number of fused-ring (bicyclic) bond motifs is 1. The second-order valence-electron chi connectivity index (χ2n) is 3.69. The molecule has 1 aromatic rings. The summed E-state index contributed by atoms with van der Waals surface area (Å²) < 4.78 is 0. The molecule has 0 saturated heterocycles. The molecule has 0 unspecified atom stereocenters. The lowest BCUT2D eigenvalue weighted by Crippen LogP contribution is -2.20. The van der Waals surface area contributed by atoms with E-state index < -0.39 is 0 Å². The molecule has 0 radical (unpaired) electrons. The maximum atomic E-state index is 4.29. The fourth-order valence-electron chi connectivity index (χ4n) is 1.73. The maximum absolute atomic E-state index is 4.29. The van der Waals surface area contributed by atoms with Gasteiger partial charge in [-0.05, 0) is 24.7 Å². The van der Waals surface area contributed by atoms with Gasteiger partial charge in [0.25, 0.3) is 0 Å². The van der Waals surface area contributed by atoms with Gasteiger partial charge in [-0.1, -0.05) is 13.8 Å². The smallest absolute Gasteiger partial charge is 0.0925 e. The predicted molar refractivity (Wildman–Crippen MR) is 44.3 cm³/mol. The Labute approximate surface area is 67.0 Å². The molecule has 0 bridgehead atoms. The van der Waals surface area contributed by atoms with Crippen LogP contribution in [0, 0.1) is 11.8 Å². The van der Waals surface area contributed by atoms with Crippen LogP contribution in [0.15, 0.2) is 6.33 Å². The topological polar surface area (TPSA) is 28.7 Å².